The van der Waals surface area contributed by atoms with Crippen LogP contribution in [0.2, 0.25) is 0 Å². The van der Waals surface area contributed by atoms with Crippen LogP contribution in [0.15, 0.2) is 42.7 Å². The van der Waals surface area contributed by atoms with Gasteiger partial charge in [-0.1, -0.05) is 19.1 Å². The van der Waals surface area contributed by atoms with Gasteiger partial charge in [-0.25, -0.2) is 0 Å². The lowest BCUT2D eigenvalue weighted by Crippen LogP contribution is -2.23. The molecular formula is C17H22N2O2. The Balaban J connectivity index is 2.36. The summed E-state index contributed by atoms with van der Waals surface area (Å²) in [7, 11) is 3.33. The van der Waals surface area contributed by atoms with Gasteiger partial charge in [0.2, 0.25) is 0 Å². The molecule has 112 valence electrons. The number of benzene rings is 1. The zero-order chi connectivity index (χ0) is 15.1. The molecule has 0 aliphatic heterocycles. The molecule has 1 N–H and O–H groups in total. The Bertz CT molecular complexity index is 525. The third-order valence-corrected chi connectivity index (χ3v) is 3.33. The molecule has 4 nitrogen and oxygen atoms in total. The first-order valence-electron chi connectivity index (χ1n) is 7.14. The number of ether oxygens (including phenoxy) is 2. The summed E-state index contributed by atoms with van der Waals surface area (Å²) >= 11 is 0. The van der Waals surface area contributed by atoms with Gasteiger partial charge in [-0.05, 0) is 42.3 Å². The van der Waals surface area contributed by atoms with Crippen LogP contribution < -0.4 is 14.8 Å². The van der Waals surface area contributed by atoms with Gasteiger partial charge in [0.1, 0.15) is 11.5 Å². The molecular weight excluding hydrogens is 264 g/mol. The molecule has 4 heteroatoms. The SMILES string of the molecule is CCCNC(c1cccc(OC)c1)c1cncc(OC)c1. The average molecular weight is 286 g/mol. The normalized spacial score (nSPS) is 12.0. The van der Waals surface area contributed by atoms with E-state index in [2.05, 4.69) is 23.3 Å². The lowest BCUT2D eigenvalue weighted by atomic mass is 9.99. The second-order valence-corrected chi connectivity index (χ2v) is 4.82. The average Bonchev–Trinajstić information content (AvgIpc) is 2.55. The van der Waals surface area contributed by atoms with Crippen LogP contribution in [0.25, 0.3) is 0 Å². The van der Waals surface area contributed by atoms with Crippen LogP contribution >= 0.6 is 0 Å². The van der Waals surface area contributed by atoms with Crippen molar-refractivity contribution < 1.29 is 9.47 Å². The van der Waals surface area contributed by atoms with E-state index in [0.717, 1.165) is 35.6 Å². The van der Waals surface area contributed by atoms with Crippen molar-refractivity contribution in [2.75, 3.05) is 20.8 Å². The molecule has 1 aromatic carbocycles. The molecule has 0 aliphatic carbocycles. The Hall–Kier alpha value is -2.07. The number of rotatable bonds is 7. The minimum absolute atomic E-state index is 0.0719. The maximum absolute atomic E-state index is 5.32. The first kappa shape index (κ1) is 15.3. The van der Waals surface area contributed by atoms with E-state index in [9.17, 15) is 0 Å². The van der Waals surface area contributed by atoms with Gasteiger partial charge in [-0.3, -0.25) is 4.98 Å². The molecule has 2 rings (SSSR count). The number of nitrogens with zero attached hydrogens (tertiary/aromatic N) is 1. The molecule has 1 aromatic heterocycles. The summed E-state index contributed by atoms with van der Waals surface area (Å²) in [6.07, 6.45) is 4.65. The summed E-state index contributed by atoms with van der Waals surface area (Å²) in [6.45, 7) is 3.08. The highest BCUT2D eigenvalue weighted by Crippen LogP contribution is 2.26. The first-order valence-corrected chi connectivity index (χ1v) is 7.14. The molecule has 0 bridgehead atoms. The van der Waals surface area contributed by atoms with Gasteiger partial charge >= 0.3 is 0 Å². The second-order valence-electron chi connectivity index (χ2n) is 4.82. The van der Waals surface area contributed by atoms with E-state index in [4.69, 9.17) is 9.47 Å². The van der Waals surface area contributed by atoms with Crippen molar-refractivity contribution in [2.24, 2.45) is 0 Å². The molecule has 0 aliphatic rings. The highest BCUT2D eigenvalue weighted by atomic mass is 16.5. The van der Waals surface area contributed by atoms with E-state index in [1.165, 1.54) is 0 Å². The van der Waals surface area contributed by atoms with Gasteiger partial charge in [-0.15, -0.1) is 0 Å². The molecule has 0 fully saturated rings. The molecule has 1 unspecified atom stereocenters. The lowest BCUT2D eigenvalue weighted by Gasteiger charge is -2.20. The predicted octanol–water partition coefficient (Wildman–Crippen LogP) is 3.19. The van der Waals surface area contributed by atoms with Gasteiger partial charge < -0.3 is 14.8 Å². The molecule has 21 heavy (non-hydrogen) atoms. The van der Waals surface area contributed by atoms with Crippen molar-refractivity contribution in [2.45, 2.75) is 19.4 Å². The highest BCUT2D eigenvalue weighted by molar-refractivity contribution is 5.37. The molecule has 0 amide bonds. The van der Waals surface area contributed by atoms with Gasteiger partial charge in [0.15, 0.2) is 0 Å². The smallest absolute Gasteiger partial charge is 0.137 e. The summed E-state index contributed by atoms with van der Waals surface area (Å²) in [4.78, 5) is 4.26. The summed E-state index contributed by atoms with van der Waals surface area (Å²) in [5.41, 5.74) is 2.23. The maximum atomic E-state index is 5.32. The van der Waals surface area contributed by atoms with Crippen LogP contribution in [0.1, 0.15) is 30.5 Å². The Morgan fingerprint density at radius 2 is 1.81 bits per heavy atom. The van der Waals surface area contributed by atoms with Gasteiger partial charge in [0, 0.05) is 6.20 Å². The standard InChI is InChI=1S/C17H22N2O2/c1-4-8-19-17(13-6-5-7-15(9-13)20-2)14-10-16(21-3)12-18-11-14/h5-7,9-12,17,19H,4,8H2,1-3H3. The van der Waals surface area contributed by atoms with Crippen LogP contribution in [-0.4, -0.2) is 25.7 Å². The monoisotopic (exact) mass is 286 g/mol. The predicted molar refractivity (Wildman–Crippen MR) is 83.9 cm³/mol. The van der Waals surface area contributed by atoms with Crippen molar-refractivity contribution in [3.8, 4) is 11.5 Å². The number of hydrogen-bond donors (Lipinski definition) is 1. The highest BCUT2D eigenvalue weighted by Gasteiger charge is 2.15. The van der Waals surface area contributed by atoms with Crippen molar-refractivity contribution in [1.29, 1.82) is 0 Å². The Morgan fingerprint density at radius 3 is 2.52 bits per heavy atom. The van der Waals surface area contributed by atoms with E-state index in [-0.39, 0.29) is 6.04 Å². The summed E-state index contributed by atoms with van der Waals surface area (Å²) < 4.78 is 10.6. The van der Waals surface area contributed by atoms with Crippen molar-refractivity contribution >= 4 is 0 Å². The Kier molecular flexibility index (Phi) is 5.58. The Labute approximate surface area is 126 Å². The quantitative estimate of drug-likeness (QED) is 0.849. The second kappa shape index (κ2) is 7.64. The summed E-state index contributed by atoms with van der Waals surface area (Å²) in [6, 6.07) is 10.2. The number of nitrogens with one attached hydrogen (secondary N) is 1. The minimum Gasteiger partial charge on any atom is -0.497 e. The molecule has 1 atom stereocenters. The van der Waals surface area contributed by atoms with Gasteiger partial charge in [0.05, 0.1) is 26.5 Å². The van der Waals surface area contributed by atoms with E-state index >= 15 is 0 Å². The fraction of sp³-hybridized carbons (Fsp3) is 0.353. The largest absolute Gasteiger partial charge is 0.497 e. The van der Waals surface area contributed by atoms with Crippen LogP contribution in [0, 0.1) is 0 Å². The third kappa shape index (κ3) is 3.95. The number of aromatic nitrogens is 1. The van der Waals surface area contributed by atoms with E-state index < -0.39 is 0 Å². The van der Waals surface area contributed by atoms with E-state index in [0.29, 0.717) is 0 Å². The molecule has 0 saturated carbocycles. The van der Waals surface area contributed by atoms with Crippen molar-refractivity contribution in [1.82, 2.24) is 10.3 Å². The van der Waals surface area contributed by atoms with Crippen LogP contribution in [0.3, 0.4) is 0 Å². The fourth-order valence-electron chi connectivity index (χ4n) is 2.24. The van der Waals surface area contributed by atoms with Gasteiger partial charge in [0.25, 0.3) is 0 Å². The van der Waals surface area contributed by atoms with E-state index in [1.807, 2.05) is 30.5 Å². The minimum atomic E-state index is 0.0719. The molecule has 0 radical (unpaired) electrons. The topological polar surface area (TPSA) is 43.4 Å². The molecule has 2 aromatic rings. The molecule has 0 saturated heterocycles. The van der Waals surface area contributed by atoms with E-state index in [1.54, 1.807) is 20.4 Å². The van der Waals surface area contributed by atoms with Crippen LogP contribution in [-0.2, 0) is 0 Å². The molecule has 0 spiro atoms. The lowest BCUT2D eigenvalue weighted by molar-refractivity contribution is 0.411. The number of methoxy groups -OCH3 is 2. The van der Waals surface area contributed by atoms with Gasteiger partial charge in [-0.2, -0.15) is 0 Å². The summed E-state index contributed by atoms with van der Waals surface area (Å²) in [5, 5.41) is 3.55. The Morgan fingerprint density at radius 1 is 1.05 bits per heavy atom. The zero-order valence-electron chi connectivity index (χ0n) is 12.8. The van der Waals surface area contributed by atoms with Crippen LogP contribution in [0.5, 0.6) is 11.5 Å². The number of hydrogen-bond acceptors (Lipinski definition) is 4. The first-order chi connectivity index (χ1) is 10.3. The van der Waals surface area contributed by atoms with Crippen molar-refractivity contribution in [3.05, 3.63) is 53.9 Å². The zero-order valence-corrected chi connectivity index (χ0v) is 12.8. The van der Waals surface area contributed by atoms with Crippen molar-refractivity contribution in [3.63, 3.8) is 0 Å². The maximum Gasteiger partial charge on any atom is 0.137 e. The molecule has 1 heterocycles. The third-order valence-electron chi connectivity index (χ3n) is 3.33. The van der Waals surface area contributed by atoms with Crippen LogP contribution in [0.4, 0.5) is 0 Å². The summed E-state index contributed by atoms with van der Waals surface area (Å²) in [5.74, 6) is 1.62. The number of pyridine rings is 1. The fourth-order valence-corrected chi connectivity index (χ4v) is 2.24.